The molecule has 0 aromatic heterocycles. The van der Waals surface area contributed by atoms with Gasteiger partial charge < -0.3 is 4.90 Å². The summed E-state index contributed by atoms with van der Waals surface area (Å²) < 4.78 is 0. The molecule has 0 amide bonds. The van der Waals surface area contributed by atoms with E-state index >= 15 is 0 Å². The molecule has 1 aliphatic rings. The van der Waals surface area contributed by atoms with Crippen molar-refractivity contribution in [3.63, 3.8) is 0 Å². The van der Waals surface area contributed by atoms with E-state index in [0.29, 0.717) is 0 Å². The van der Waals surface area contributed by atoms with Crippen LogP contribution in [0.25, 0.3) is 0 Å². The zero-order chi connectivity index (χ0) is 13.2. The minimum absolute atomic E-state index is 0.855. The van der Waals surface area contributed by atoms with Crippen molar-refractivity contribution >= 4 is 0 Å². The van der Waals surface area contributed by atoms with Gasteiger partial charge in [-0.1, -0.05) is 52.4 Å². The molecule has 1 fully saturated rings. The average molecular weight is 253 g/mol. The van der Waals surface area contributed by atoms with E-state index < -0.39 is 0 Å². The first-order valence-corrected chi connectivity index (χ1v) is 8.48. The Morgan fingerprint density at radius 2 is 1.72 bits per heavy atom. The van der Waals surface area contributed by atoms with Gasteiger partial charge >= 0.3 is 0 Å². The molecule has 1 saturated heterocycles. The third-order valence-electron chi connectivity index (χ3n) is 4.84. The summed E-state index contributed by atoms with van der Waals surface area (Å²) in [6.45, 7) is 5.98. The smallest absolute Gasteiger partial charge is 0.00896 e. The monoisotopic (exact) mass is 253 g/mol. The lowest BCUT2D eigenvalue weighted by molar-refractivity contribution is 0.178. The SMILES string of the molecule is CCCCCCCC1CCCN(C)C(CC)CC1. The zero-order valence-corrected chi connectivity index (χ0v) is 13.1. The van der Waals surface area contributed by atoms with Crippen molar-refractivity contribution in [1.82, 2.24) is 4.90 Å². The Morgan fingerprint density at radius 3 is 2.44 bits per heavy atom. The van der Waals surface area contributed by atoms with E-state index in [1.165, 1.54) is 77.2 Å². The van der Waals surface area contributed by atoms with Crippen molar-refractivity contribution in [2.45, 2.75) is 90.5 Å². The fourth-order valence-corrected chi connectivity index (χ4v) is 3.45. The molecule has 0 bridgehead atoms. The molecule has 0 spiro atoms. The highest BCUT2D eigenvalue weighted by Gasteiger charge is 2.19. The number of hydrogen-bond donors (Lipinski definition) is 0. The first-order chi connectivity index (χ1) is 8.77. The van der Waals surface area contributed by atoms with Crippen LogP contribution in [0.1, 0.15) is 84.5 Å². The van der Waals surface area contributed by atoms with Crippen LogP contribution in [-0.2, 0) is 0 Å². The lowest BCUT2D eigenvalue weighted by Gasteiger charge is -2.32. The van der Waals surface area contributed by atoms with Crippen molar-refractivity contribution < 1.29 is 0 Å². The Hall–Kier alpha value is -0.0400. The Balaban J connectivity index is 2.17. The van der Waals surface area contributed by atoms with E-state index in [1.807, 2.05) is 0 Å². The number of hydrogen-bond acceptors (Lipinski definition) is 1. The van der Waals surface area contributed by atoms with Crippen LogP contribution in [0.15, 0.2) is 0 Å². The maximum atomic E-state index is 2.59. The second-order valence-electron chi connectivity index (χ2n) is 6.33. The van der Waals surface area contributed by atoms with Gasteiger partial charge in [-0.25, -0.2) is 0 Å². The minimum atomic E-state index is 0.855. The predicted molar refractivity (Wildman–Crippen MR) is 82.0 cm³/mol. The highest BCUT2D eigenvalue weighted by molar-refractivity contribution is 4.74. The predicted octanol–water partition coefficient (Wildman–Crippen LogP) is 5.25. The summed E-state index contributed by atoms with van der Waals surface area (Å²) in [6.07, 6.45) is 15.9. The first-order valence-electron chi connectivity index (χ1n) is 8.48. The minimum Gasteiger partial charge on any atom is -0.303 e. The molecule has 1 rings (SSSR count). The molecule has 0 aromatic carbocycles. The van der Waals surface area contributed by atoms with Crippen LogP contribution in [0, 0.1) is 5.92 Å². The maximum absolute atomic E-state index is 2.59. The largest absolute Gasteiger partial charge is 0.303 e. The second kappa shape index (κ2) is 9.83. The molecule has 0 saturated carbocycles. The summed E-state index contributed by atoms with van der Waals surface area (Å²) in [5, 5.41) is 0. The molecule has 108 valence electrons. The molecule has 0 aromatic rings. The summed E-state index contributed by atoms with van der Waals surface area (Å²) >= 11 is 0. The van der Waals surface area contributed by atoms with Gasteiger partial charge in [0.15, 0.2) is 0 Å². The van der Waals surface area contributed by atoms with Crippen molar-refractivity contribution in [1.29, 1.82) is 0 Å². The topological polar surface area (TPSA) is 3.24 Å². The Kier molecular flexibility index (Phi) is 8.75. The van der Waals surface area contributed by atoms with Gasteiger partial charge in [-0.15, -0.1) is 0 Å². The highest BCUT2D eigenvalue weighted by Crippen LogP contribution is 2.26. The Labute approximate surface area is 115 Å². The lowest BCUT2D eigenvalue weighted by atomic mass is 9.87. The lowest BCUT2D eigenvalue weighted by Crippen LogP contribution is -2.34. The Morgan fingerprint density at radius 1 is 0.944 bits per heavy atom. The van der Waals surface area contributed by atoms with Gasteiger partial charge in [-0.05, 0) is 51.6 Å². The van der Waals surface area contributed by atoms with Gasteiger partial charge in [0.2, 0.25) is 0 Å². The summed E-state index contributed by atoms with van der Waals surface area (Å²) in [5.41, 5.74) is 0. The summed E-state index contributed by atoms with van der Waals surface area (Å²) in [7, 11) is 2.32. The van der Waals surface area contributed by atoms with E-state index in [-0.39, 0.29) is 0 Å². The van der Waals surface area contributed by atoms with Gasteiger partial charge in [0.25, 0.3) is 0 Å². The van der Waals surface area contributed by atoms with Crippen LogP contribution in [0.5, 0.6) is 0 Å². The van der Waals surface area contributed by atoms with E-state index in [2.05, 4.69) is 25.8 Å². The van der Waals surface area contributed by atoms with Crippen molar-refractivity contribution in [2.24, 2.45) is 5.92 Å². The Bertz CT molecular complexity index is 190. The van der Waals surface area contributed by atoms with E-state index in [1.54, 1.807) is 0 Å². The third kappa shape index (κ3) is 6.22. The summed E-state index contributed by atoms with van der Waals surface area (Å²) in [6, 6.07) is 0.855. The molecule has 2 atom stereocenters. The average Bonchev–Trinajstić information content (AvgIpc) is 2.36. The van der Waals surface area contributed by atoms with E-state index in [4.69, 9.17) is 0 Å². The molecule has 0 aliphatic carbocycles. The molecule has 0 N–H and O–H groups in total. The fraction of sp³-hybridized carbons (Fsp3) is 1.00. The molecule has 0 radical (unpaired) electrons. The highest BCUT2D eigenvalue weighted by atomic mass is 15.1. The maximum Gasteiger partial charge on any atom is 0.00896 e. The van der Waals surface area contributed by atoms with Crippen molar-refractivity contribution in [3.05, 3.63) is 0 Å². The number of likely N-dealkylation sites (tertiary alicyclic amines) is 1. The van der Waals surface area contributed by atoms with Gasteiger partial charge in [-0.2, -0.15) is 0 Å². The second-order valence-corrected chi connectivity index (χ2v) is 6.33. The quantitative estimate of drug-likeness (QED) is 0.560. The van der Waals surface area contributed by atoms with Gasteiger partial charge in [0.1, 0.15) is 0 Å². The van der Waals surface area contributed by atoms with Crippen LogP contribution in [0.4, 0.5) is 0 Å². The van der Waals surface area contributed by atoms with E-state index in [0.717, 1.165) is 12.0 Å². The molecular weight excluding hydrogens is 218 g/mol. The summed E-state index contributed by atoms with van der Waals surface area (Å²) in [4.78, 5) is 2.59. The van der Waals surface area contributed by atoms with Gasteiger partial charge in [0, 0.05) is 6.04 Å². The van der Waals surface area contributed by atoms with Crippen molar-refractivity contribution in [3.8, 4) is 0 Å². The molecular formula is C17H35N. The van der Waals surface area contributed by atoms with Gasteiger partial charge in [-0.3, -0.25) is 0 Å². The molecule has 1 nitrogen and oxygen atoms in total. The molecule has 1 heterocycles. The fourth-order valence-electron chi connectivity index (χ4n) is 3.45. The van der Waals surface area contributed by atoms with Crippen molar-refractivity contribution in [2.75, 3.05) is 13.6 Å². The number of unbranched alkanes of at least 4 members (excludes halogenated alkanes) is 4. The van der Waals surface area contributed by atoms with Crippen LogP contribution >= 0.6 is 0 Å². The number of rotatable bonds is 7. The van der Waals surface area contributed by atoms with Crippen LogP contribution in [0.2, 0.25) is 0 Å². The molecule has 1 heteroatoms. The van der Waals surface area contributed by atoms with E-state index in [9.17, 15) is 0 Å². The number of nitrogens with zero attached hydrogens (tertiary/aromatic N) is 1. The standard InChI is InChI=1S/C17H35N/c1-4-6-7-8-9-11-16-12-10-15-18(3)17(5-2)14-13-16/h16-17H,4-15H2,1-3H3. The molecule has 1 aliphatic heterocycles. The zero-order valence-electron chi connectivity index (χ0n) is 13.1. The van der Waals surface area contributed by atoms with Crippen LogP contribution in [0.3, 0.4) is 0 Å². The molecule has 2 unspecified atom stereocenters. The van der Waals surface area contributed by atoms with Gasteiger partial charge in [0.05, 0.1) is 0 Å². The molecule has 18 heavy (non-hydrogen) atoms. The van der Waals surface area contributed by atoms with Crippen LogP contribution < -0.4 is 0 Å². The first kappa shape index (κ1) is 16.0. The van der Waals surface area contributed by atoms with Crippen LogP contribution in [-0.4, -0.2) is 24.5 Å². The third-order valence-corrected chi connectivity index (χ3v) is 4.84. The normalized spacial score (nSPS) is 26.8. The summed E-state index contributed by atoms with van der Waals surface area (Å²) in [5.74, 6) is 1.04.